The number of benzene rings is 2. The van der Waals surface area contributed by atoms with E-state index in [2.05, 4.69) is 0 Å². The van der Waals surface area contributed by atoms with E-state index in [0.29, 0.717) is 0 Å². The van der Waals surface area contributed by atoms with Crippen molar-refractivity contribution >= 4 is 12.1 Å². The number of hydrogen-bond donors (Lipinski definition) is 0. The highest BCUT2D eigenvalue weighted by atomic mass is 16.6. The second-order valence-corrected chi connectivity index (χ2v) is 7.93. The first-order valence-electron chi connectivity index (χ1n) is 10.3. The molecule has 2 aromatic carbocycles. The van der Waals surface area contributed by atoms with Gasteiger partial charge < -0.3 is 9.47 Å². The van der Waals surface area contributed by atoms with Crippen LogP contribution in [0.1, 0.15) is 42.9 Å². The summed E-state index contributed by atoms with van der Waals surface area (Å²) in [7, 11) is 1.43. The van der Waals surface area contributed by atoms with Crippen molar-refractivity contribution in [3.05, 3.63) is 71.8 Å². The maximum Gasteiger partial charge on any atom is 0.410 e. The predicted molar refractivity (Wildman–Crippen MR) is 109 cm³/mol. The van der Waals surface area contributed by atoms with Crippen molar-refractivity contribution in [3.8, 4) is 0 Å². The number of rotatable bonds is 4. The Balaban J connectivity index is 1.66. The molecule has 1 heterocycles. The van der Waals surface area contributed by atoms with Gasteiger partial charge in [0.2, 0.25) is 0 Å². The summed E-state index contributed by atoms with van der Waals surface area (Å²) in [4.78, 5) is 27.9. The summed E-state index contributed by atoms with van der Waals surface area (Å²) in [5.41, 5.74) is 1.90. The number of esters is 1. The fourth-order valence-corrected chi connectivity index (χ4v) is 4.97. The van der Waals surface area contributed by atoms with Crippen molar-refractivity contribution in [2.75, 3.05) is 7.11 Å². The number of piperidine rings is 1. The summed E-state index contributed by atoms with van der Waals surface area (Å²) in [6, 6.07) is 19.2. The third-order valence-corrected chi connectivity index (χ3v) is 6.26. The lowest BCUT2D eigenvalue weighted by atomic mass is 9.68. The Bertz CT molecular complexity index is 838. The second kappa shape index (κ2) is 8.68. The summed E-state index contributed by atoms with van der Waals surface area (Å²) < 4.78 is 10.9. The van der Waals surface area contributed by atoms with E-state index >= 15 is 0 Å². The number of likely N-dealkylation sites (tertiary alicyclic amines) is 1. The molecule has 0 spiro atoms. The lowest BCUT2D eigenvalue weighted by Crippen LogP contribution is -2.55. The average molecular weight is 393 g/mol. The van der Waals surface area contributed by atoms with Gasteiger partial charge in [-0.15, -0.1) is 0 Å². The van der Waals surface area contributed by atoms with Crippen molar-refractivity contribution in [1.82, 2.24) is 4.90 Å². The molecule has 0 aromatic heterocycles. The fraction of sp³-hybridized carbons (Fsp3) is 0.417. The summed E-state index contributed by atoms with van der Waals surface area (Å²) >= 11 is 0. The molecule has 1 amide bonds. The number of nitrogens with zero attached hydrogens (tertiary/aromatic N) is 1. The Morgan fingerprint density at radius 3 is 2.38 bits per heavy atom. The van der Waals surface area contributed by atoms with Gasteiger partial charge in [-0.2, -0.15) is 0 Å². The summed E-state index contributed by atoms with van der Waals surface area (Å²) in [6.07, 6.45) is 3.40. The van der Waals surface area contributed by atoms with Crippen molar-refractivity contribution in [2.24, 2.45) is 11.8 Å². The van der Waals surface area contributed by atoms with E-state index in [1.165, 1.54) is 7.11 Å². The molecular formula is C24H27NO4. The van der Waals surface area contributed by atoms with Gasteiger partial charge in [-0.1, -0.05) is 67.1 Å². The molecule has 29 heavy (non-hydrogen) atoms. The zero-order chi connectivity index (χ0) is 20.2. The van der Waals surface area contributed by atoms with Crippen LogP contribution >= 0.6 is 0 Å². The number of hydrogen-bond acceptors (Lipinski definition) is 4. The van der Waals surface area contributed by atoms with Gasteiger partial charge in [-0.3, -0.25) is 9.69 Å². The molecule has 152 valence electrons. The third-order valence-electron chi connectivity index (χ3n) is 6.26. The van der Waals surface area contributed by atoms with E-state index in [-0.39, 0.29) is 42.6 Å². The first-order valence-corrected chi connectivity index (χ1v) is 10.3. The highest BCUT2D eigenvalue weighted by molar-refractivity contribution is 5.77. The Hall–Kier alpha value is -2.82. The minimum Gasteiger partial charge on any atom is -0.469 e. The minimum atomic E-state index is -0.372. The zero-order valence-corrected chi connectivity index (χ0v) is 16.7. The van der Waals surface area contributed by atoms with Gasteiger partial charge in [0, 0.05) is 6.04 Å². The molecule has 1 aliphatic carbocycles. The van der Waals surface area contributed by atoms with Crippen LogP contribution in [0.4, 0.5) is 4.79 Å². The van der Waals surface area contributed by atoms with Gasteiger partial charge in [0.1, 0.15) is 6.61 Å². The molecule has 1 saturated carbocycles. The molecule has 4 unspecified atom stereocenters. The van der Waals surface area contributed by atoms with Crippen LogP contribution in [0, 0.1) is 11.8 Å². The van der Waals surface area contributed by atoms with Crippen LogP contribution in [-0.4, -0.2) is 30.1 Å². The summed E-state index contributed by atoms with van der Waals surface area (Å²) in [6.45, 7) is 0.219. The van der Waals surface area contributed by atoms with E-state index < -0.39 is 0 Å². The fourth-order valence-electron chi connectivity index (χ4n) is 4.97. The molecule has 0 radical (unpaired) electrons. The largest absolute Gasteiger partial charge is 0.469 e. The lowest BCUT2D eigenvalue weighted by Gasteiger charge is -2.51. The molecule has 1 saturated heterocycles. The molecule has 4 atom stereocenters. The smallest absolute Gasteiger partial charge is 0.410 e. The zero-order valence-electron chi connectivity index (χ0n) is 16.7. The van der Waals surface area contributed by atoms with E-state index in [1.54, 1.807) is 0 Å². The van der Waals surface area contributed by atoms with E-state index in [4.69, 9.17) is 9.47 Å². The normalized spacial score (nSPS) is 25.9. The van der Waals surface area contributed by atoms with E-state index in [0.717, 1.165) is 36.8 Å². The van der Waals surface area contributed by atoms with Crippen LogP contribution < -0.4 is 0 Å². The summed E-state index contributed by atoms with van der Waals surface area (Å²) in [5, 5.41) is 0. The van der Waals surface area contributed by atoms with Crippen LogP contribution in [0.5, 0.6) is 0 Å². The number of carbonyl (C=O) groups is 2. The molecule has 2 aromatic rings. The maximum absolute atomic E-state index is 13.3. The molecule has 2 fully saturated rings. The topological polar surface area (TPSA) is 55.8 Å². The van der Waals surface area contributed by atoms with Crippen molar-refractivity contribution in [2.45, 2.75) is 44.4 Å². The first-order chi connectivity index (χ1) is 14.2. The lowest BCUT2D eigenvalue weighted by molar-refractivity contribution is -0.155. The first kappa shape index (κ1) is 19.5. The number of fused-ring (bicyclic) bond motifs is 2. The highest BCUT2D eigenvalue weighted by Crippen LogP contribution is 2.48. The number of ether oxygens (including phenoxy) is 2. The van der Waals surface area contributed by atoms with Crippen molar-refractivity contribution in [1.29, 1.82) is 0 Å². The SMILES string of the molecule is COC(=O)C1C2CCCC(C2)N(C(=O)OCc2ccccc2)C1c1ccccc1. The average Bonchev–Trinajstić information content (AvgIpc) is 2.78. The molecule has 5 heteroatoms. The van der Waals surface area contributed by atoms with Gasteiger partial charge in [0.25, 0.3) is 0 Å². The molecule has 2 bridgehead atoms. The van der Waals surface area contributed by atoms with Crippen LogP contribution in [0.2, 0.25) is 0 Å². The van der Waals surface area contributed by atoms with Crippen LogP contribution in [0.3, 0.4) is 0 Å². The van der Waals surface area contributed by atoms with E-state index in [1.807, 2.05) is 65.6 Å². The Morgan fingerprint density at radius 2 is 1.69 bits per heavy atom. The van der Waals surface area contributed by atoms with Crippen LogP contribution in [0.15, 0.2) is 60.7 Å². The van der Waals surface area contributed by atoms with Crippen LogP contribution in [0.25, 0.3) is 0 Å². The Kier molecular flexibility index (Phi) is 5.84. The van der Waals surface area contributed by atoms with Gasteiger partial charge >= 0.3 is 12.1 Å². The third kappa shape index (κ3) is 4.00. The molecule has 5 nitrogen and oxygen atoms in total. The van der Waals surface area contributed by atoms with Gasteiger partial charge in [-0.25, -0.2) is 4.79 Å². The van der Waals surface area contributed by atoms with Crippen LogP contribution in [-0.2, 0) is 20.9 Å². The van der Waals surface area contributed by atoms with E-state index in [9.17, 15) is 9.59 Å². The predicted octanol–water partition coefficient (Wildman–Crippen LogP) is 4.73. The molecule has 0 N–H and O–H groups in total. The number of methoxy groups -OCH3 is 1. The molecule has 4 rings (SSSR count). The second-order valence-electron chi connectivity index (χ2n) is 7.93. The summed E-state index contributed by atoms with van der Waals surface area (Å²) in [5.74, 6) is -0.391. The van der Waals surface area contributed by atoms with Crippen molar-refractivity contribution in [3.63, 3.8) is 0 Å². The quantitative estimate of drug-likeness (QED) is 0.705. The standard InChI is InChI=1S/C24H27NO4/c1-28-23(26)21-19-13-8-14-20(15-19)25(22(21)18-11-6-3-7-12-18)24(27)29-16-17-9-4-2-5-10-17/h2-7,9-12,19-22H,8,13-16H2,1H3. The maximum atomic E-state index is 13.3. The minimum absolute atomic E-state index is 0.0862. The Morgan fingerprint density at radius 1 is 1.00 bits per heavy atom. The van der Waals surface area contributed by atoms with Gasteiger partial charge in [-0.05, 0) is 36.3 Å². The molecule has 1 aliphatic heterocycles. The highest BCUT2D eigenvalue weighted by Gasteiger charge is 2.51. The molecule has 2 aliphatic rings. The number of carbonyl (C=O) groups excluding carboxylic acids is 2. The van der Waals surface area contributed by atoms with Gasteiger partial charge in [0.05, 0.1) is 19.1 Å². The monoisotopic (exact) mass is 393 g/mol. The Labute approximate surface area is 171 Å². The number of amides is 1. The molecular weight excluding hydrogens is 366 g/mol. The van der Waals surface area contributed by atoms with Gasteiger partial charge in [0.15, 0.2) is 0 Å². The van der Waals surface area contributed by atoms with Crippen molar-refractivity contribution < 1.29 is 19.1 Å².